The van der Waals surface area contributed by atoms with E-state index >= 15 is 0 Å². The van der Waals surface area contributed by atoms with Crippen LogP contribution in [0.4, 0.5) is 0 Å². The molecule has 2 heteroatoms. The van der Waals surface area contributed by atoms with Crippen molar-refractivity contribution in [1.82, 2.24) is 0 Å². The Bertz CT molecular complexity index is 720. The predicted molar refractivity (Wildman–Crippen MR) is 79.9 cm³/mol. The molecule has 0 saturated carbocycles. The number of carbonyl (C=O) groups is 1. The van der Waals surface area contributed by atoms with Gasteiger partial charge in [-0.05, 0) is 29.0 Å². The highest BCUT2D eigenvalue weighted by Gasteiger charge is 2.07. The van der Waals surface area contributed by atoms with E-state index in [1.165, 1.54) is 0 Å². The van der Waals surface area contributed by atoms with Crippen LogP contribution in [-0.2, 0) is 0 Å². The Morgan fingerprint density at radius 3 is 2.32 bits per heavy atom. The van der Waals surface area contributed by atoms with Crippen LogP contribution < -0.4 is 0 Å². The van der Waals surface area contributed by atoms with Gasteiger partial charge in [-0.15, -0.1) is 0 Å². The summed E-state index contributed by atoms with van der Waals surface area (Å²) in [6.07, 6.45) is 0.952. The van der Waals surface area contributed by atoms with Crippen molar-refractivity contribution in [1.29, 1.82) is 0 Å². The minimum absolute atomic E-state index is 0.770. The number of carbonyl (C=O) groups excluding carboxylic acids is 1. The minimum atomic E-state index is 0.770. The molecule has 1 nitrogen and oxygen atoms in total. The van der Waals surface area contributed by atoms with Crippen molar-refractivity contribution in [3.63, 3.8) is 0 Å². The molecule has 0 atom stereocenters. The van der Waals surface area contributed by atoms with Crippen LogP contribution in [0.2, 0.25) is 0 Å². The lowest BCUT2D eigenvalue weighted by Crippen LogP contribution is -1.88. The van der Waals surface area contributed by atoms with Crippen molar-refractivity contribution in [2.75, 3.05) is 0 Å². The summed E-state index contributed by atoms with van der Waals surface area (Å²) in [5, 5.41) is 2.11. The molecule has 92 valence electrons. The monoisotopic (exact) mass is 264 g/mol. The number of rotatable bonds is 3. The highest BCUT2D eigenvalue weighted by Crippen LogP contribution is 2.33. The van der Waals surface area contributed by atoms with E-state index in [9.17, 15) is 4.79 Å². The van der Waals surface area contributed by atoms with Crippen LogP contribution in [0.15, 0.2) is 76.5 Å². The van der Waals surface area contributed by atoms with Crippen LogP contribution in [0.25, 0.3) is 10.8 Å². The first-order valence-corrected chi connectivity index (χ1v) is 6.90. The lowest BCUT2D eigenvalue weighted by molar-refractivity contribution is 0.112. The summed E-state index contributed by atoms with van der Waals surface area (Å²) >= 11 is 1.62. The van der Waals surface area contributed by atoms with Crippen molar-refractivity contribution < 1.29 is 4.79 Å². The van der Waals surface area contributed by atoms with E-state index in [-0.39, 0.29) is 0 Å². The van der Waals surface area contributed by atoms with Gasteiger partial charge in [-0.25, -0.2) is 0 Å². The van der Waals surface area contributed by atoms with Crippen molar-refractivity contribution in [2.45, 2.75) is 9.79 Å². The van der Waals surface area contributed by atoms with Gasteiger partial charge < -0.3 is 0 Å². The van der Waals surface area contributed by atoms with E-state index < -0.39 is 0 Å². The molecule has 0 unspecified atom stereocenters. The first kappa shape index (κ1) is 12.0. The maximum Gasteiger partial charge on any atom is 0.151 e. The topological polar surface area (TPSA) is 17.1 Å². The Hall–Kier alpha value is -2.06. The molecule has 0 heterocycles. The standard InChI is InChI=1S/C17H12OS/c18-12-16-15-9-5-4-6-13(15)10-11-17(16)19-14-7-2-1-3-8-14/h1-12H. The summed E-state index contributed by atoms with van der Waals surface area (Å²) in [5.41, 5.74) is 0.770. The van der Waals surface area contributed by atoms with Crippen molar-refractivity contribution in [3.05, 3.63) is 72.3 Å². The Kier molecular flexibility index (Phi) is 3.34. The van der Waals surface area contributed by atoms with E-state index in [0.717, 1.165) is 32.4 Å². The van der Waals surface area contributed by atoms with Crippen LogP contribution in [-0.4, -0.2) is 6.29 Å². The number of benzene rings is 3. The lowest BCUT2D eigenvalue weighted by atomic mass is 10.1. The molecule has 0 radical (unpaired) electrons. The third kappa shape index (κ3) is 2.40. The second kappa shape index (κ2) is 5.29. The van der Waals surface area contributed by atoms with Gasteiger partial charge in [-0.2, -0.15) is 0 Å². The average Bonchev–Trinajstić information content (AvgIpc) is 2.48. The molecule has 0 N–H and O–H groups in total. The Morgan fingerprint density at radius 1 is 0.789 bits per heavy atom. The molecule has 0 aliphatic carbocycles. The predicted octanol–water partition coefficient (Wildman–Crippen LogP) is 4.80. The summed E-state index contributed by atoms with van der Waals surface area (Å²) in [7, 11) is 0. The molecule has 0 fully saturated rings. The van der Waals surface area contributed by atoms with Crippen molar-refractivity contribution >= 4 is 28.8 Å². The highest BCUT2D eigenvalue weighted by atomic mass is 32.2. The normalized spacial score (nSPS) is 10.5. The molecule has 3 rings (SSSR count). The third-order valence-corrected chi connectivity index (χ3v) is 4.10. The number of aldehydes is 1. The molecule has 0 spiro atoms. The van der Waals surface area contributed by atoms with Gasteiger partial charge in [-0.3, -0.25) is 4.79 Å². The summed E-state index contributed by atoms with van der Waals surface area (Å²) in [6.45, 7) is 0. The largest absolute Gasteiger partial charge is 0.298 e. The zero-order valence-electron chi connectivity index (χ0n) is 10.2. The summed E-state index contributed by atoms with van der Waals surface area (Å²) in [4.78, 5) is 13.6. The highest BCUT2D eigenvalue weighted by molar-refractivity contribution is 7.99. The van der Waals surface area contributed by atoms with Gasteiger partial charge in [0.15, 0.2) is 6.29 Å². The number of hydrogen-bond donors (Lipinski definition) is 0. The molecule has 0 aliphatic rings. The quantitative estimate of drug-likeness (QED) is 0.632. The van der Waals surface area contributed by atoms with Gasteiger partial charge in [0.1, 0.15) is 0 Å². The maximum atomic E-state index is 11.4. The minimum Gasteiger partial charge on any atom is -0.298 e. The van der Waals surface area contributed by atoms with Gasteiger partial charge in [0.2, 0.25) is 0 Å². The number of fused-ring (bicyclic) bond motifs is 1. The molecule has 0 aliphatic heterocycles. The summed E-state index contributed by atoms with van der Waals surface area (Å²) < 4.78 is 0. The van der Waals surface area contributed by atoms with E-state index in [0.29, 0.717) is 0 Å². The van der Waals surface area contributed by atoms with Gasteiger partial charge >= 0.3 is 0 Å². The molecule has 0 aromatic heterocycles. The summed E-state index contributed by atoms with van der Waals surface area (Å²) in [5.74, 6) is 0. The zero-order chi connectivity index (χ0) is 13.1. The third-order valence-electron chi connectivity index (χ3n) is 3.02. The maximum absolute atomic E-state index is 11.4. The molecule has 3 aromatic rings. The first-order valence-electron chi connectivity index (χ1n) is 6.08. The van der Waals surface area contributed by atoms with Crippen LogP contribution in [0.3, 0.4) is 0 Å². The van der Waals surface area contributed by atoms with Crippen LogP contribution in [0.5, 0.6) is 0 Å². The van der Waals surface area contributed by atoms with Gasteiger partial charge in [0.25, 0.3) is 0 Å². The first-order chi connectivity index (χ1) is 9.38. The van der Waals surface area contributed by atoms with Crippen LogP contribution in [0.1, 0.15) is 10.4 Å². The number of hydrogen-bond acceptors (Lipinski definition) is 2. The zero-order valence-corrected chi connectivity index (χ0v) is 11.1. The summed E-state index contributed by atoms with van der Waals surface area (Å²) in [6, 6.07) is 22.2. The molecular weight excluding hydrogens is 252 g/mol. The Labute approximate surface area is 116 Å². The van der Waals surface area contributed by atoms with Crippen molar-refractivity contribution in [2.24, 2.45) is 0 Å². The molecule has 0 amide bonds. The van der Waals surface area contributed by atoms with Crippen LogP contribution in [0, 0.1) is 0 Å². The second-order valence-corrected chi connectivity index (χ2v) is 5.35. The van der Waals surface area contributed by atoms with E-state index in [1.807, 2.05) is 48.5 Å². The van der Waals surface area contributed by atoms with Gasteiger partial charge in [0.05, 0.1) is 0 Å². The molecule has 0 saturated heterocycles. The fourth-order valence-corrected chi connectivity index (χ4v) is 3.05. The van der Waals surface area contributed by atoms with Crippen molar-refractivity contribution in [3.8, 4) is 0 Å². The smallest absolute Gasteiger partial charge is 0.151 e. The fourth-order valence-electron chi connectivity index (χ4n) is 2.10. The Balaban J connectivity index is 2.11. The fraction of sp³-hybridized carbons (Fsp3) is 0. The van der Waals surface area contributed by atoms with E-state index in [4.69, 9.17) is 0 Å². The van der Waals surface area contributed by atoms with E-state index in [1.54, 1.807) is 11.8 Å². The molecule has 0 bridgehead atoms. The van der Waals surface area contributed by atoms with Gasteiger partial charge in [-0.1, -0.05) is 60.3 Å². The SMILES string of the molecule is O=Cc1c(Sc2ccccc2)ccc2ccccc12. The Morgan fingerprint density at radius 2 is 1.53 bits per heavy atom. The molecule has 3 aromatic carbocycles. The van der Waals surface area contributed by atoms with Gasteiger partial charge in [0, 0.05) is 15.4 Å². The van der Waals surface area contributed by atoms with Crippen LogP contribution >= 0.6 is 11.8 Å². The molecule has 19 heavy (non-hydrogen) atoms. The second-order valence-electron chi connectivity index (χ2n) is 4.23. The van der Waals surface area contributed by atoms with E-state index in [2.05, 4.69) is 18.2 Å². The molecular formula is C17H12OS. The average molecular weight is 264 g/mol. The lowest BCUT2D eigenvalue weighted by Gasteiger charge is -2.08.